The van der Waals surface area contributed by atoms with Gasteiger partial charge in [-0.2, -0.15) is 0 Å². The molecule has 1 aliphatic heterocycles. The Bertz CT molecular complexity index is 466. The monoisotopic (exact) mass is 315 g/mol. The average Bonchev–Trinajstić information content (AvgIpc) is 2.32. The standard InChI is InChI=1S/C15H22FN3O.ClH/c1-18(2)6-7-19(15(20)13-9-17-10-13)11-12-4-3-5-14(16)8-12;/h3-5,8,13,17H,6-7,9-11H2,1-2H3;1H. The SMILES string of the molecule is CN(C)CCN(Cc1cccc(F)c1)C(=O)C1CNC1.Cl. The van der Waals surface area contributed by atoms with E-state index in [1.165, 1.54) is 12.1 Å². The van der Waals surface area contributed by atoms with Crippen molar-refractivity contribution < 1.29 is 9.18 Å². The number of hydrogen-bond donors (Lipinski definition) is 1. The van der Waals surface area contributed by atoms with Gasteiger partial charge in [0.25, 0.3) is 0 Å². The van der Waals surface area contributed by atoms with E-state index in [4.69, 9.17) is 0 Å². The molecule has 0 saturated carbocycles. The molecule has 0 unspecified atom stereocenters. The molecule has 1 aromatic carbocycles. The van der Waals surface area contributed by atoms with E-state index in [-0.39, 0.29) is 30.0 Å². The molecule has 0 bridgehead atoms. The Balaban J connectivity index is 0.00000220. The lowest BCUT2D eigenvalue weighted by Gasteiger charge is -2.33. The molecule has 1 fully saturated rings. The molecule has 1 aromatic rings. The van der Waals surface area contributed by atoms with Crippen LogP contribution in [0.5, 0.6) is 0 Å². The number of likely N-dealkylation sites (N-methyl/N-ethyl adjacent to an activating group) is 1. The van der Waals surface area contributed by atoms with Crippen LogP contribution >= 0.6 is 12.4 Å². The molecule has 1 heterocycles. The number of carbonyl (C=O) groups excluding carboxylic acids is 1. The van der Waals surface area contributed by atoms with Crippen LogP contribution in [-0.4, -0.2) is 56.0 Å². The van der Waals surface area contributed by atoms with Crippen molar-refractivity contribution in [2.45, 2.75) is 6.54 Å². The van der Waals surface area contributed by atoms with Crippen LogP contribution in [0.2, 0.25) is 0 Å². The lowest BCUT2D eigenvalue weighted by Crippen LogP contribution is -2.52. The van der Waals surface area contributed by atoms with Crippen molar-refractivity contribution in [3.05, 3.63) is 35.6 Å². The van der Waals surface area contributed by atoms with Gasteiger partial charge in [-0.15, -0.1) is 12.4 Å². The molecule has 118 valence electrons. The van der Waals surface area contributed by atoms with Gasteiger partial charge in [0.1, 0.15) is 5.82 Å². The van der Waals surface area contributed by atoms with Crippen LogP contribution in [0, 0.1) is 11.7 Å². The number of carbonyl (C=O) groups is 1. The quantitative estimate of drug-likeness (QED) is 0.861. The molecule has 21 heavy (non-hydrogen) atoms. The molecule has 1 amide bonds. The van der Waals surface area contributed by atoms with Crippen molar-refractivity contribution in [2.24, 2.45) is 5.92 Å². The van der Waals surface area contributed by atoms with E-state index in [0.717, 1.165) is 25.2 Å². The van der Waals surface area contributed by atoms with Crippen LogP contribution in [0.25, 0.3) is 0 Å². The zero-order valence-corrected chi connectivity index (χ0v) is 13.3. The fraction of sp³-hybridized carbons (Fsp3) is 0.533. The van der Waals surface area contributed by atoms with E-state index < -0.39 is 0 Å². The Kier molecular flexibility index (Phi) is 7.08. The second-order valence-corrected chi connectivity index (χ2v) is 5.55. The van der Waals surface area contributed by atoms with Crippen LogP contribution < -0.4 is 5.32 Å². The summed E-state index contributed by atoms with van der Waals surface area (Å²) in [5, 5.41) is 3.12. The maximum atomic E-state index is 13.2. The second-order valence-electron chi connectivity index (χ2n) is 5.55. The molecule has 1 N–H and O–H groups in total. The van der Waals surface area contributed by atoms with Crippen molar-refractivity contribution in [3.63, 3.8) is 0 Å². The third-order valence-electron chi connectivity index (χ3n) is 3.52. The van der Waals surface area contributed by atoms with Gasteiger partial charge in [0, 0.05) is 32.7 Å². The molecule has 2 rings (SSSR count). The number of rotatable bonds is 6. The highest BCUT2D eigenvalue weighted by atomic mass is 35.5. The lowest BCUT2D eigenvalue weighted by atomic mass is 10.0. The molecule has 1 saturated heterocycles. The van der Waals surface area contributed by atoms with Crippen molar-refractivity contribution in [3.8, 4) is 0 Å². The van der Waals surface area contributed by atoms with Crippen LogP contribution in [0.4, 0.5) is 4.39 Å². The maximum Gasteiger partial charge on any atom is 0.228 e. The average molecular weight is 316 g/mol. The van der Waals surface area contributed by atoms with Gasteiger partial charge in [-0.25, -0.2) is 4.39 Å². The Morgan fingerprint density at radius 3 is 2.57 bits per heavy atom. The zero-order valence-electron chi connectivity index (χ0n) is 12.5. The third kappa shape index (κ3) is 5.26. The van der Waals surface area contributed by atoms with Gasteiger partial charge in [0.05, 0.1) is 5.92 Å². The number of hydrogen-bond acceptors (Lipinski definition) is 3. The number of benzene rings is 1. The maximum absolute atomic E-state index is 13.2. The Hall–Kier alpha value is -1.17. The first kappa shape index (κ1) is 17.9. The molecule has 0 aliphatic carbocycles. The predicted octanol–water partition coefficient (Wildman–Crippen LogP) is 1.36. The molecule has 4 nitrogen and oxygen atoms in total. The summed E-state index contributed by atoms with van der Waals surface area (Å²) in [4.78, 5) is 16.3. The normalized spacial score (nSPS) is 14.5. The van der Waals surface area contributed by atoms with Gasteiger partial charge in [-0.1, -0.05) is 12.1 Å². The van der Waals surface area contributed by atoms with Gasteiger partial charge < -0.3 is 15.1 Å². The molecule has 6 heteroatoms. The minimum absolute atomic E-state index is 0. The van der Waals surface area contributed by atoms with Gasteiger partial charge in [0.2, 0.25) is 5.91 Å². The van der Waals surface area contributed by atoms with Crippen molar-refractivity contribution in [1.82, 2.24) is 15.1 Å². The smallest absolute Gasteiger partial charge is 0.228 e. The largest absolute Gasteiger partial charge is 0.337 e. The summed E-state index contributed by atoms with van der Waals surface area (Å²) in [6.45, 7) is 3.45. The zero-order chi connectivity index (χ0) is 14.5. The molecule has 0 spiro atoms. The van der Waals surface area contributed by atoms with Crippen LogP contribution in [0.3, 0.4) is 0 Å². The summed E-state index contributed by atoms with van der Waals surface area (Å²) in [7, 11) is 3.96. The minimum atomic E-state index is -0.257. The molecular formula is C15H23ClFN3O. The summed E-state index contributed by atoms with van der Waals surface area (Å²) < 4.78 is 13.2. The first-order valence-electron chi connectivity index (χ1n) is 6.95. The minimum Gasteiger partial charge on any atom is -0.337 e. The number of nitrogens with zero attached hydrogens (tertiary/aromatic N) is 2. The lowest BCUT2D eigenvalue weighted by molar-refractivity contribution is -0.137. The molecule has 0 atom stereocenters. The van der Waals surface area contributed by atoms with Gasteiger partial charge in [-0.05, 0) is 31.8 Å². The topological polar surface area (TPSA) is 35.6 Å². The molecule has 0 aromatic heterocycles. The van der Waals surface area contributed by atoms with Gasteiger partial charge in [-0.3, -0.25) is 4.79 Å². The third-order valence-corrected chi connectivity index (χ3v) is 3.52. The summed E-state index contributed by atoms with van der Waals surface area (Å²) in [6, 6.07) is 6.46. The van der Waals surface area contributed by atoms with E-state index in [0.29, 0.717) is 13.1 Å². The summed E-state index contributed by atoms with van der Waals surface area (Å²) >= 11 is 0. The summed E-state index contributed by atoms with van der Waals surface area (Å²) in [5.74, 6) is -0.0200. The Labute approximate surface area is 131 Å². The fourth-order valence-electron chi connectivity index (χ4n) is 2.17. The molecule has 0 radical (unpaired) electrons. The molecule has 1 aliphatic rings. The van der Waals surface area contributed by atoms with Crippen molar-refractivity contribution in [2.75, 3.05) is 40.3 Å². The fourth-order valence-corrected chi connectivity index (χ4v) is 2.17. The second kappa shape index (κ2) is 8.32. The highest BCUT2D eigenvalue weighted by molar-refractivity contribution is 5.85. The van der Waals surface area contributed by atoms with Crippen LogP contribution in [0.1, 0.15) is 5.56 Å². The number of amides is 1. The van der Waals surface area contributed by atoms with E-state index >= 15 is 0 Å². The van der Waals surface area contributed by atoms with Crippen molar-refractivity contribution >= 4 is 18.3 Å². The van der Waals surface area contributed by atoms with Crippen LogP contribution in [-0.2, 0) is 11.3 Å². The van der Waals surface area contributed by atoms with E-state index in [1.807, 2.05) is 30.0 Å². The van der Waals surface area contributed by atoms with E-state index in [2.05, 4.69) is 5.32 Å². The highest BCUT2D eigenvalue weighted by Crippen LogP contribution is 2.13. The predicted molar refractivity (Wildman–Crippen MR) is 84.0 cm³/mol. The van der Waals surface area contributed by atoms with E-state index in [1.54, 1.807) is 6.07 Å². The Morgan fingerprint density at radius 1 is 1.33 bits per heavy atom. The highest BCUT2D eigenvalue weighted by Gasteiger charge is 2.29. The van der Waals surface area contributed by atoms with Gasteiger partial charge >= 0.3 is 0 Å². The summed E-state index contributed by atoms with van der Waals surface area (Å²) in [5.41, 5.74) is 0.837. The summed E-state index contributed by atoms with van der Waals surface area (Å²) in [6.07, 6.45) is 0. The van der Waals surface area contributed by atoms with Gasteiger partial charge in [0.15, 0.2) is 0 Å². The molecular weight excluding hydrogens is 293 g/mol. The first-order valence-corrected chi connectivity index (χ1v) is 6.95. The van der Waals surface area contributed by atoms with Crippen molar-refractivity contribution in [1.29, 1.82) is 0 Å². The van der Waals surface area contributed by atoms with E-state index in [9.17, 15) is 9.18 Å². The number of halogens is 2. The Morgan fingerprint density at radius 2 is 2.05 bits per heavy atom. The number of nitrogens with one attached hydrogen (secondary N) is 1. The first-order chi connectivity index (χ1) is 9.56. The van der Waals surface area contributed by atoms with Crippen LogP contribution in [0.15, 0.2) is 24.3 Å².